The predicted octanol–water partition coefficient (Wildman–Crippen LogP) is 2.71. The number of halogens is 3. The van der Waals surface area contributed by atoms with Crippen LogP contribution in [0.3, 0.4) is 0 Å². The molecule has 0 aliphatic carbocycles. The predicted molar refractivity (Wildman–Crippen MR) is 106 cm³/mol. The number of carbonyl (C=O) groups is 3. The summed E-state index contributed by atoms with van der Waals surface area (Å²) < 4.78 is 6.84. The van der Waals surface area contributed by atoms with Crippen LogP contribution in [0.5, 0.6) is 0 Å². The number of primary amides is 2. The molecule has 9 heteroatoms. The zero-order valence-electron chi connectivity index (χ0n) is 11.7. The number of ether oxygens (including phenoxy) is 1. The van der Waals surface area contributed by atoms with E-state index in [1.165, 1.54) is 6.92 Å². The summed E-state index contributed by atoms with van der Waals surface area (Å²) in [7, 11) is 0. The summed E-state index contributed by atoms with van der Waals surface area (Å²) in [6.07, 6.45) is -0.0905. The van der Waals surface area contributed by atoms with Crippen molar-refractivity contribution in [3.05, 3.63) is 27.4 Å². The van der Waals surface area contributed by atoms with Crippen LogP contribution >= 0.6 is 67.8 Å². The topological polar surface area (TPSA) is 112 Å². The van der Waals surface area contributed by atoms with Gasteiger partial charge in [-0.2, -0.15) is 0 Å². The van der Waals surface area contributed by atoms with Crippen molar-refractivity contribution in [2.75, 3.05) is 0 Å². The van der Waals surface area contributed by atoms with Gasteiger partial charge in [-0.3, -0.25) is 14.4 Å². The molecule has 6 nitrogen and oxygen atoms in total. The number of benzene rings is 1. The molecule has 1 aromatic rings. The zero-order chi connectivity index (χ0) is 17.2. The molecule has 0 aromatic heterocycles. The number of amides is 2. The standard InChI is InChI=1S/C13H13I3N2O4/c1-3-5(22-4(2)19)6-9(14)7(12(17)20)11(16)8(10(6)15)13(18)21/h5H,3H2,1-2H3,(H2,17,20)(H2,18,21). The lowest BCUT2D eigenvalue weighted by Gasteiger charge is -2.22. The summed E-state index contributed by atoms with van der Waals surface area (Å²) in [5, 5.41) is 0. The minimum absolute atomic E-state index is 0.219. The Labute approximate surface area is 168 Å². The summed E-state index contributed by atoms with van der Waals surface area (Å²) in [4.78, 5) is 34.8. The van der Waals surface area contributed by atoms with Crippen LogP contribution in [0.25, 0.3) is 0 Å². The maximum Gasteiger partial charge on any atom is 0.303 e. The second-order valence-electron chi connectivity index (χ2n) is 4.34. The van der Waals surface area contributed by atoms with Crippen LogP contribution in [0, 0.1) is 10.7 Å². The zero-order valence-corrected chi connectivity index (χ0v) is 18.2. The largest absolute Gasteiger partial charge is 0.458 e. The van der Waals surface area contributed by atoms with Crippen LogP contribution in [0.1, 0.15) is 52.7 Å². The molecule has 0 saturated carbocycles. The molecule has 0 radical (unpaired) electrons. The SMILES string of the molecule is CCC(OC(C)=O)c1c(I)c(C(N)=O)c(I)c(C(N)=O)c1I. The number of esters is 1. The smallest absolute Gasteiger partial charge is 0.303 e. The summed E-state index contributed by atoms with van der Waals surface area (Å²) in [5.41, 5.74) is 11.9. The van der Waals surface area contributed by atoms with Crippen molar-refractivity contribution >= 4 is 85.6 Å². The average Bonchev–Trinajstić information content (AvgIpc) is 2.35. The van der Waals surface area contributed by atoms with E-state index >= 15 is 0 Å². The summed E-state index contributed by atoms with van der Waals surface area (Å²) >= 11 is 5.84. The molecule has 22 heavy (non-hydrogen) atoms. The number of hydrogen-bond donors (Lipinski definition) is 2. The average molecular weight is 642 g/mol. The molecule has 2 amide bonds. The second kappa shape index (κ2) is 8.08. The Balaban J connectivity index is 3.80. The lowest BCUT2D eigenvalue weighted by atomic mass is 9.99. The van der Waals surface area contributed by atoms with Gasteiger partial charge in [0.2, 0.25) is 0 Å². The molecule has 0 fully saturated rings. The van der Waals surface area contributed by atoms with Gasteiger partial charge in [0.15, 0.2) is 0 Å². The van der Waals surface area contributed by atoms with Gasteiger partial charge >= 0.3 is 5.97 Å². The van der Waals surface area contributed by atoms with Gasteiger partial charge in [-0.05, 0) is 74.2 Å². The van der Waals surface area contributed by atoms with Crippen molar-refractivity contribution in [3.63, 3.8) is 0 Å². The number of carbonyl (C=O) groups excluding carboxylic acids is 3. The second-order valence-corrected chi connectivity index (χ2v) is 7.58. The third-order valence-corrected chi connectivity index (χ3v) is 6.16. The molecule has 0 aliphatic rings. The Morgan fingerprint density at radius 3 is 1.68 bits per heavy atom. The highest BCUT2D eigenvalue weighted by Crippen LogP contribution is 2.37. The highest BCUT2D eigenvalue weighted by atomic mass is 127. The van der Waals surface area contributed by atoms with Gasteiger partial charge in [0.05, 0.1) is 11.1 Å². The molecule has 1 aromatic carbocycles. The first-order chi connectivity index (χ1) is 10.1. The van der Waals surface area contributed by atoms with E-state index in [1.807, 2.05) is 74.7 Å². The van der Waals surface area contributed by atoms with Crippen LogP contribution in [0.2, 0.25) is 0 Å². The van der Waals surface area contributed by atoms with Crippen molar-refractivity contribution in [3.8, 4) is 0 Å². The number of rotatable bonds is 5. The van der Waals surface area contributed by atoms with E-state index in [0.717, 1.165) is 0 Å². The van der Waals surface area contributed by atoms with Gasteiger partial charge in [0.1, 0.15) is 6.10 Å². The van der Waals surface area contributed by atoms with Crippen LogP contribution in [0.4, 0.5) is 0 Å². The fraction of sp³-hybridized carbons (Fsp3) is 0.308. The number of nitrogens with two attached hydrogens (primary N) is 2. The van der Waals surface area contributed by atoms with E-state index in [0.29, 0.717) is 22.7 Å². The normalized spacial score (nSPS) is 11.9. The number of hydrogen-bond acceptors (Lipinski definition) is 4. The van der Waals surface area contributed by atoms with Gasteiger partial charge in [-0.1, -0.05) is 6.92 Å². The third-order valence-electron chi connectivity index (χ3n) is 2.84. The Bertz CT molecular complexity index is 620. The molecule has 0 spiro atoms. The Morgan fingerprint density at radius 1 is 1.00 bits per heavy atom. The van der Waals surface area contributed by atoms with Gasteiger partial charge in [-0.15, -0.1) is 0 Å². The summed E-state index contributed by atoms with van der Waals surface area (Å²) in [6, 6.07) is 0. The molecule has 0 heterocycles. The van der Waals surface area contributed by atoms with Gasteiger partial charge in [-0.25, -0.2) is 0 Å². The molecule has 4 N–H and O–H groups in total. The lowest BCUT2D eigenvalue weighted by molar-refractivity contribution is -0.146. The molecular formula is C13H13I3N2O4. The molecular weight excluding hydrogens is 629 g/mol. The van der Waals surface area contributed by atoms with Crippen molar-refractivity contribution < 1.29 is 19.1 Å². The quantitative estimate of drug-likeness (QED) is 0.381. The van der Waals surface area contributed by atoms with Crippen molar-refractivity contribution in [2.24, 2.45) is 11.5 Å². The van der Waals surface area contributed by atoms with Crippen LogP contribution in [-0.2, 0) is 9.53 Å². The van der Waals surface area contributed by atoms with Gasteiger partial charge in [0, 0.05) is 23.2 Å². The maximum absolute atomic E-state index is 11.8. The Kier molecular flexibility index (Phi) is 7.29. The van der Waals surface area contributed by atoms with E-state index < -0.39 is 23.9 Å². The van der Waals surface area contributed by atoms with Crippen molar-refractivity contribution in [1.29, 1.82) is 0 Å². The molecule has 0 bridgehead atoms. The Hall–Kier alpha value is -0.180. The first-order valence-electron chi connectivity index (χ1n) is 6.10. The highest BCUT2D eigenvalue weighted by Gasteiger charge is 2.29. The Morgan fingerprint density at radius 2 is 1.41 bits per heavy atom. The van der Waals surface area contributed by atoms with E-state index in [2.05, 4.69) is 0 Å². The van der Waals surface area contributed by atoms with E-state index in [-0.39, 0.29) is 11.1 Å². The third kappa shape index (κ3) is 4.01. The minimum atomic E-state index is -0.661. The molecule has 1 unspecified atom stereocenters. The molecule has 120 valence electrons. The minimum Gasteiger partial charge on any atom is -0.458 e. The summed E-state index contributed by atoms with van der Waals surface area (Å²) in [5.74, 6) is -1.77. The van der Waals surface area contributed by atoms with Gasteiger partial charge in [0.25, 0.3) is 11.8 Å². The molecule has 0 aliphatic heterocycles. The van der Waals surface area contributed by atoms with Crippen LogP contribution in [-0.4, -0.2) is 17.8 Å². The lowest BCUT2D eigenvalue weighted by Crippen LogP contribution is -2.25. The molecule has 0 saturated heterocycles. The molecule has 1 atom stereocenters. The van der Waals surface area contributed by atoms with E-state index in [1.54, 1.807) is 0 Å². The van der Waals surface area contributed by atoms with Crippen LogP contribution in [0.15, 0.2) is 0 Å². The fourth-order valence-corrected chi connectivity index (χ4v) is 6.87. The van der Waals surface area contributed by atoms with Crippen LogP contribution < -0.4 is 11.5 Å². The fourth-order valence-electron chi connectivity index (χ4n) is 1.95. The highest BCUT2D eigenvalue weighted by molar-refractivity contribution is 14.1. The molecule has 1 rings (SSSR count). The first kappa shape index (κ1) is 19.9. The van der Waals surface area contributed by atoms with E-state index in [4.69, 9.17) is 16.2 Å². The first-order valence-corrected chi connectivity index (χ1v) is 9.34. The van der Waals surface area contributed by atoms with E-state index in [9.17, 15) is 14.4 Å². The van der Waals surface area contributed by atoms with Crippen molar-refractivity contribution in [1.82, 2.24) is 0 Å². The van der Waals surface area contributed by atoms with Crippen molar-refractivity contribution in [2.45, 2.75) is 26.4 Å². The van der Waals surface area contributed by atoms with Gasteiger partial charge < -0.3 is 16.2 Å². The summed E-state index contributed by atoms with van der Waals surface area (Å²) in [6.45, 7) is 3.14. The monoisotopic (exact) mass is 642 g/mol. The maximum atomic E-state index is 11.8.